The molecule has 12 rings (SSSR count). The van der Waals surface area contributed by atoms with Gasteiger partial charge in [-0.3, -0.25) is 39.9 Å². The Bertz CT molecular complexity index is 4740. The van der Waals surface area contributed by atoms with Gasteiger partial charge < -0.3 is 19.7 Å². The van der Waals surface area contributed by atoms with Crippen LogP contribution in [0.25, 0.3) is 0 Å². The summed E-state index contributed by atoms with van der Waals surface area (Å²) >= 11 is 19.4. The highest BCUT2D eigenvalue weighted by Gasteiger charge is 2.32. The van der Waals surface area contributed by atoms with Gasteiger partial charge in [0, 0.05) is 111 Å². The summed E-state index contributed by atoms with van der Waals surface area (Å²) in [5.74, 6) is 1.58. The van der Waals surface area contributed by atoms with Crippen molar-refractivity contribution in [3.8, 4) is 11.5 Å². The van der Waals surface area contributed by atoms with E-state index in [1.807, 2.05) is 6.92 Å². The van der Waals surface area contributed by atoms with Crippen LogP contribution in [-0.2, 0) is 105 Å². The quantitative estimate of drug-likeness (QED) is 0.0418. The normalized spacial score (nSPS) is 13.6. The first-order chi connectivity index (χ1) is 46.0. The Morgan fingerprint density at radius 1 is 0.500 bits per heavy atom. The van der Waals surface area contributed by atoms with Gasteiger partial charge in [-0.1, -0.05) is 59.1 Å². The van der Waals surface area contributed by atoms with Crippen LogP contribution in [0.15, 0.2) is 160 Å². The van der Waals surface area contributed by atoms with Gasteiger partial charge in [0.05, 0.1) is 76.4 Å². The molecule has 0 fully saturated rings. The summed E-state index contributed by atoms with van der Waals surface area (Å²) in [4.78, 5) is 32.9. The second-order valence-corrected chi connectivity index (χ2v) is 30.0. The van der Waals surface area contributed by atoms with Crippen molar-refractivity contribution in [3.05, 3.63) is 245 Å². The van der Waals surface area contributed by atoms with Crippen LogP contribution in [0.1, 0.15) is 84.0 Å². The van der Waals surface area contributed by atoms with E-state index < -0.39 is 40.1 Å². The number of rotatable bonds is 19. The zero-order valence-electron chi connectivity index (χ0n) is 51.4. The zero-order chi connectivity index (χ0) is 68.8. The summed E-state index contributed by atoms with van der Waals surface area (Å²) < 4.78 is 134. The van der Waals surface area contributed by atoms with Crippen molar-refractivity contribution >= 4 is 107 Å². The number of hydrogen-bond acceptors (Lipinski definition) is 21. The molecule has 0 spiro atoms. The molecule has 24 nitrogen and oxygen atoms in total. The number of halogens is 4. The number of aliphatic hydroxyl groups is 2. The van der Waals surface area contributed by atoms with Crippen molar-refractivity contribution in [3.63, 3.8) is 0 Å². The highest BCUT2D eigenvalue weighted by molar-refractivity contribution is 8.06. The van der Waals surface area contributed by atoms with Crippen LogP contribution < -0.4 is 28.4 Å². The van der Waals surface area contributed by atoms with Crippen molar-refractivity contribution in [2.24, 2.45) is 20.0 Å². The zero-order valence-corrected chi connectivity index (χ0v) is 57.7. The molecule has 8 heterocycles. The molecule has 4 aromatic carbocycles. The largest absolute Gasteiger partial charge is 0.497 e. The van der Waals surface area contributed by atoms with Gasteiger partial charge in [0.1, 0.15) is 17.3 Å². The fraction of sp³-hybridized carbons (Fsp3) is 0.238. The maximum atomic E-state index is 13.7. The molecular formula is C63H62Cl3FN12O12S5. The van der Waals surface area contributed by atoms with E-state index in [1.165, 1.54) is 32.0 Å². The molecule has 0 amide bonds. The van der Waals surface area contributed by atoms with Gasteiger partial charge >= 0.3 is 0 Å². The lowest BCUT2D eigenvalue weighted by Crippen LogP contribution is -2.32. The van der Waals surface area contributed by atoms with Crippen LogP contribution in [0.2, 0.25) is 15.1 Å². The number of hydrogen-bond donors (Lipinski definition) is 6. The molecule has 33 heteroatoms. The van der Waals surface area contributed by atoms with Crippen molar-refractivity contribution < 1.29 is 57.7 Å². The number of aromatic nitrogens is 4. The monoisotopic (exact) mass is 1460 g/mol. The Hall–Kier alpha value is -7.53. The molecule has 504 valence electrons. The summed E-state index contributed by atoms with van der Waals surface area (Å²) in [6.45, 7) is 2.88. The van der Waals surface area contributed by atoms with Crippen LogP contribution in [-0.4, -0.2) is 111 Å². The predicted molar refractivity (Wildman–Crippen MR) is 369 cm³/mol. The van der Waals surface area contributed by atoms with Crippen molar-refractivity contribution in [2.75, 3.05) is 26.5 Å². The SMILES string of the molecule is COc1cc(CO)cc(CNS(=O)(=O)C2=NCc3ncccc32)c1.COc1cccc(CO)c1CNS(=O)(=O)C1=NCc2ncccc21.Cc1cc(Cl)cc(Cl)c1CNS(=O)(=O)C1=NCc2ncccc21.O=S(=O)(NCCSCc1c(F)cccc1Cl)C1=NCc2ncccc21. The lowest BCUT2D eigenvalue weighted by molar-refractivity contribution is 0.279. The molecule has 4 aliphatic heterocycles. The van der Waals surface area contributed by atoms with Crippen LogP contribution in [0.3, 0.4) is 0 Å². The van der Waals surface area contributed by atoms with E-state index in [-0.39, 0.29) is 91.6 Å². The molecule has 6 N–H and O–H groups in total. The van der Waals surface area contributed by atoms with E-state index in [1.54, 1.807) is 134 Å². The number of fused-ring (bicyclic) bond motifs is 4. The predicted octanol–water partition coefficient (Wildman–Crippen LogP) is 7.99. The molecule has 0 saturated carbocycles. The van der Waals surface area contributed by atoms with E-state index in [2.05, 4.69) is 58.8 Å². The first-order valence-corrected chi connectivity index (χ1v) is 37.1. The summed E-state index contributed by atoms with van der Waals surface area (Å²) in [6, 6.07) is 31.7. The molecule has 0 saturated heterocycles. The third kappa shape index (κ3) is 18.0. The molecule has 96 heavy (non-hydrogen) atoms. The van der Waals surface area contributed by atoms with Crippen LogP contribution >= 0.6 is 46.6 Å². The Balaban J connectivity index is 0.000000150. The Morgan fingerprint density at radius 3 is 1.41 bits per heavy atom. The topological polar surface area (TPSA) is 345 Å². The van der Waals surface area contributed by atoms with Crippen LogP contribution in [0.4, 0.5) is 4.39 Å². The Labute approximate surface area is 573 Å². The van der Waals surface area contributed by atoms with Gasteiger partial charge in [0.15, 0.2) is 20.2 Å². The fourth-order valence-electron chi connectivity index (χ4n) is 9.91. The fourth-order valence-corrected chi connectivity index (χ4v) is 16.7. The van der Waals surface area contributed by atoms with Gasteiger partial charge in [0.2, 0.25) is 0 Å². The summed E-state index contributed by atoms with van der Waals surface area (Å²) in [5.41, 5.74) is 9.22. The van der Waals surface area contributed by atoms with E-state index in [0.717, 1.165) is 5.56 Å². The number of benzene rings is 4. The van der Waals surface area contributed by atoms with Crippen molar-refractivity contribution in [2.45, 2.75) is 71.7 Å². The average Bonchev–Trinajstić information content (AvgIpc) is 1.70. The number of aryl methyl sites for hydroxylation is 1. The average molecular weight is 1460 g/mol. The standard InChI is InChI=1S/C16H15ClFN3O2S2.2C16H17N3O4S.C15H13Cl2N3O2S/c17-13-4-1-5-14(18)12(13)10-24-8-7-21-25(22,23)16-11-3-2-6-19-15(11)9-20-16;1-23-15-6-2-4-11(10-20)13(15)8-19-24(21,22)16-12-5-3-7-17-14(12)9-18-16;1-23-13-6-11(5-12(7-13)10-20)8-19-24(21,22)16-14-3-2-4-17-15(14)9-18-16;1-9-5-10(16)6-13(17)12(9)7-20-23(21,22)15-11-3-2-4-18-14(11)8-19-15/h1-6,21H,7-10H2;2*2-7,19-20H,8-10H2,1H3;2-6,20H,7-8H2,1H3. The second kappa shape index (κ2) is 32.7. The summed E-state index contributed by atoms with van der Waals surface area (Å²) in [6.07, 6.45) is 6.46. The molecule has 0 atom stereocenters. The first kappa shape index (κ1) is 72.7. The number of ether oxygens (including phenoxy) is 2. The first-order valence-electron chi connectivity index (χ1n) is 28.9. The van der Waals surface area contributed by atoms with E-state index in [4.69, 9.17) is 44.3 Å². The molecule has 4 aromatic heterocycles. The van der Waals surface area contributed by atoms with Gasteiger partial charge in [-0.25, -0.2) is 56.9 Å². The molecule has 4 aliphatic rings. The smallest absolute Gasteiger partial charge is 0.258 e. The maximum absolute atomic E-state index is 13.7. The number of pyridine rings is 4. The number of nitrogens with zero attached hydrogens (tertiary/aromatic N) is 8. The Kier molecular flexibility index (Phi) is 24.8. The number of thioether (sulfide) groups is 1. The highest BCUT2D eigenvalue weighted by atomic mass is 35.5. The van der Waals surface area contributed by atoms with Gasteiger partial charge in [-0.05, 0) is 126 Å². The maximum Gasteiger partial charge on any atom is 0.258 e. The molecule has 0 unspecified atom stereocenters. The third-order valence-corrected chi connectivity index (χ3v) is 22.1. The highest BCUT2D eigenvalue weighted by Crippen LogP contribution is 2.29. The number of methoxy groups -OCH3 is 2. The number of aliphatic imine (C=N–C) groups is 4. The van der Waals surface area contributed by atoms with Gasteiger partial charge in [0.25, 0.3) is 40.1 Å². The number of sulfonamides is 4. The third-order valence-electron chi connectivity index (χ3n) is 14.6. The number of aliphatic hydroxyl groups excluding tert-OH is 2. The van der Waals surface area contributed by atoms with E-state index >= 15 is 0 Å². The summed E-state index contributed by atoms with van der Waals surface area (Å²) in [5, 5.41) is 20.1. The molecule has 0 bridgehead atoms. The second-order valence-electron chi connectivity index (χ2n) is 20.9. The van der Waals surface area contributed by atoms with Crippen LogP contribution in [0, 0.1) is 12.7 Å². The Morgan fingerprint density at radius 2 is 0.958 bits per heavy atom. The van der Waals surface area contributed by atoms with Gasteiger partial charge in [-0.2, -0.15) is 11.8 Å². The molecule has 8 aromatic rings. The minimum atomic E-state index is -3.80. The van der Waals surface area contributed by atoms with Gasteiger partial charge in [-0.15, -0.1) is 0 Å². The lowest BCUT2D eigenvalue weighted by atomic mass is 10.1. The van der Waals surface area contributed by atoms with Crippen molar-refractivity contribution in [1.29, 1.82) is 0 Å². The van der Waals surface area contributed by atoms with Crippen LogP contribution in [0.5, 0.6) is 11.5 Å². The number of nitrogens with one attached hydrogen (secondary N) is 4. The lowest BCUT2D eigenvalue weighted by Gasteiger charge is -2.14. The molecular weight excluding hydrogens is 1400 g/mol. The van der Waals surface area contributed by atoms with E-state index in [0.29, 0.717) is 116 Å². The molecule has 0 radical (unpaired) electrons. The van der Waals surface area contributed by atoms with Crippen molar-refractivity contribution in [1.82, 2.24) is 38.8 Å². The molecule has 0 aliphatic carbocycles. The minimum Gasteiger partial charge on any atom is -0.497 e. The summed E-state index contributed by atoms with van der Waals surface area (Å²) in [7, 11) is -12.0. The van der Waals surface area contributed by atoms with E-state index in [9.17, 15) is 48.3 Å². The minimum absolute atomic E-state index is 0.00312.